The zero-order valence-corrected chi connectivity index (χ0v) is 3.21. The predicted molar refractivity (Wildman–Crippen MR) is 27.7 cm³/mol. The van der Waals surface area contributed by atoms with Crippen LogP contribution in [0, 0.1) is 0 Å². The monoisotopic (exact) mass is 94.2 g/mol. The summed E-state index contributed by atoms with van der Waals surface area (Å²) in [6.45, 7) is 0. The lowest BCUT2D eigenvalue weighted by Crippen LogP contribution is -1.85. The van der Waals surface area contributed by atoms with Crippen LogP contribution in [0.1, 0.15) is 52.0 Å². The van der Waals surface area contributed by atoms with Crippen molar-refractivity contribution in [3.63, 3.8) is 0 Å². The SMILES string of the molecule is [2H]C1([2H])CC([2H])([2H])C([2H])([2H])C([2H])([2H])C1([2H])[2H]. The van der Waals surface area contributed by atoms with E-state index in [0.717, 1.165) is 0 Å². The second-order valence-corrected chi connectivity index (χ2v) is 0.905. The topological polar surface area (TPSA) is 0 Å². The zero-order valence-electron chi connectivity index (χ0n) is 13.2. The molecule has 1 fully saturated rings. The van der Waals surface area contributed by atoms with Crippen molar-refractivity contribution < 1.29 is 13.7 Å². The van der Waals surface area contributed by atoms with Crippen LogP contribution in [0.4, 0.5) is 0 Å². The molecule has 6 heavy (non-hydrogen) atoms. The Morgan fingerprint density at radius 3 is 2.00 bits per heavy atom. The molecule has 0 aromatic rings. The predicted octanol–water partition coefficient (Wildman–Crippen LogP) is 2.34. The normalized spacial score (nSPS) is 90.7. The third-order valence-corrected chi connectivity index (χ3v) is 0.479. The van der Waals surface area contributed by atoms with Gasteiger partial charge in [-0.05, 0) is 0 Å². The Bertz CT molecular complexity index is 274. The summed E-state index contributed by atoms with van der Waals surface area (Å²) in [5.74, 6) is 0. The molecule has 0 bridgehead atoms. The van der Waals surface area contributed by atoms with Gasteiger partial charge in [-0.1, -0.05) is 38.3 Å². The number of hydrogen-bond acceptors (Lipinski definition) is 0. The van der Waals surface area contributed by atoms with Crippen LogP contribution < -0.4 is 0 Å². The molecule has 0 aliphatic heterocycles. The summed E-state index contributed by atoms with van der Waals surface area (Å²) in [6, 6.07) is 0. The number of hydrogen-bond donors (Lipinski definition) is 0. The Morgan fingerprint density at radius 1 is 0.833 bits per heavy atom. The highest BCUT2D eigenvalue weighted by molar-refractivity contribution is 4.51. The summed E-state index contributed by atoms with van der Waals surface area (Å²) in [4.78, 5) is 0. The quantitative estimate of drug-likeness (QED) is 0.432. The van der Waals surface area contributed by atoms with E-state index >= 15 is 0 Å². The summed E-state index contributed by atoms with van der Waals surface area (Å²) in [5.41, 5.74) is 0. The molecule has 0 spiro atoms. The van der Waals surface area contributed by atoms with Crippen molar-refractivity contribution in [1.82, 2.24) is 0 Å². The second-order valence-electron chi connectivity index (χ2n) is 0.905. The third kappa shape index (κ3) is 1.00. The first-order valence-electron chi connectivity index (χ1n) is 6.71. The maximum absolute atomic E-state index is 7.38. The van der Waals surface area contributed by atoms with E-state index in [1.54, 1.807) is 0 Å². The first kappa shape index (κ1) is 0.586. The van der Waals surface area contributed by atoms with Crippen LogP contribution in [0.2, 0.25) is 0 Å². The van der Waals surface area contributed by atoms with E-state index < -0.39 is 38.3 Å². The first-order valence-corrected chi connectivity index (χ1v) is 1.71. The Balaban J connectivity index is 3.43. The minimum Gasteiger partial charge on any atom is -0.0533 e. The van der Waals surface area contributed by atoms with Gasteiger partial charge in [-0.15, -0.1) is 0 Å². The van der Waals surface area contributed by atoms with Crippen molar-refractivity contribution in [2.75, 3.05) is 0 Å². The van der Waals surface area contributed by atoms with E-state index in [-0.39, 0.29) is 0 Å². The molecule has 0 N–H and O–H groups in total. The van der Waals surface area contributed by atoms with Crippen molar-refractivity contribution in [1.29, 1.82) is 0 Å². The molecule has 0 aromatic carbocycles. The van der Waals surface area contributed by atoms with Gasteiger partial charge in [0.2, 0.25) is 0 Å². The average molecular weight is 94.2 g/mol. The maximum atomic E-state index is 7.38. The Kier molecular flexibility index (Phi) is 0.217. The standard InChI is InChI=1S/C6H12/c1-2-4-6-5-3-1/h1-6H2/i1D2,2D2,3D2,4D2,5D2. The summed E-state index contributed by atoms with van der Waals surface area (Å²) in [7, 11) is 0. The minimum absolute atomic E-state index is 1.01. The van der Waals surface area contributed by atoms with Crippen molar-refractivity contribution >= 4 is 0 Å². The maximum Gasteiger partial charge on any atom is 0.0267 e. The molecule has 1 aliphatic rings. The molecule has 0 nitrogen and oxygen atoms in total. The van der Waals surface area contributed by atoms with Gasteiger partial charge in [0, 0.05) is 13.7 Å². The molecule has 0 saturated heterocycles. The molecule has 1 rings (SSSR count). The fourth-order valence-corrected chi connectivity index (χ4v) is 0.252. The summed E-state index contributed by atoms with van der Waals surface area (Å²) >= 11 is 0. The molecule has 0 amide bonds. The van der Waals surface area contributed by atoms with Gasteiger partial charge in [0.15, 0.2) is 0 Å². The van der Waals surface area contributed by atoms with Crippen molar-refractivity contribution in [3.05, 3.63) is 0 Å². The molecule has 0 unspecified atom stereocenters. The highest BCUT2D eigenvalue weighted by Crippen LogP contribution is 2.15. The lowest BCUT2D eigenvalue weighted by Gasteiger charge is -2.05. The summed E-state index contributed by atoms with van der Waals surface area (Å²) < 4.78 is 73.7. The zero-order chi connectivity index (χ0) is 13.2. The molecule has 0 radical (unpaired) electrons. The van der Waals surface area contributed by atoms with Crippen molar-refractivity contribution in [2.24, 2.45) is 0 Å². The van der Waals surface area contributed by atoms with E-state index in [9.17, 15) is 0 Å². The Hall–Kier alpha value is 0. The van der Waals surface area contributed by atoms with E-state index in [0.29, 0.717) is 0 Å². The van der Waals surface area contributed by atoms with Crippen LogP contribution in [0.5, 0.6) is 0 Å². The van der Waals surface area contributed by atoms with Gasteiger partial charge in [0.25, 0.3) is 0 Å². The lowest BCUT2D eigenvalue weighted by atomic mass is 10.0. The van der Waals surface area contributed by atoms with Gasteiger partial charge in [-0.3, -0.25) is 0 Å². The molecule has 0 heteroatoms. The van der Waals surface area contributed by atoms with Crippen LogP contribution in [0.15, 0.2) is 0 Å². The average Bonchev–Trinajstić information content (AvgIpc) is 1.98. The number of rotatable bonds is 0. The fraction of sp³-hybridized carbons (Fsp3) is 1.00. The molecule has 1 aliphatic carbocycles. The van der Waals surface area contributed by atoms with Gasteiger partial charge >= 0.3 is 0 Å². The molecule has 0 aromatic heterocycles. The van der Waals surface area contributed by atoms with E-state index in [2.05, 4.69) is 0 Å². The van der Waals surface area contributed by atoms with Gasteiger partial charge < -0.3 is 0 Å². The lowest BCUT2D eigenvalue weighted by molar-refractivity contribution is 0.504. The van der Waals surface area contributed by atoms with E-state index in [1.165, 1.54) is 0 Å². The van der Waals surface area contributed by atoms with E-state index in [4.69, 9.17) is 13.7 Å². The van der Waals surface area contributed by atoms with Gasteiger partial charge in [-0.25, -0.2) is 0 Å². The van der Waals surface area contributed by atoms with Crippen molar-refractivity contribution in [3.8, 4) is 0 Å². The largest absolute Gasteiger partial charge is 0.0533 e. The van der Waals surface area contributed by atoms with Crippen LogP contribution in [0.25, 0.3) is 0 Å². The Labute approximate surface area is 53.6 Å². The smallest absolute Gasteiger partial charge is 0.0267 e. The molecular weight excluding hydrogens is 72.1 g/mol. The molecule has 0 heterocycles. The highest BCUT2D eigenvalue weighted by atomic mass is 14.0. The van der Waals surface area contributed by atoms with Crippen LogP contribution in [-0.4, -0.2) is 0 Å². The van der Waals surface area contributed by atoms with Gasteiger partial charge in [-0.2, -0.15) is 0 Å². The molecule has 0 atom stereocenters. The van der Waals surface area contributed by atoms with Gasteiger partial charge in [0.05, 0.1) is 0 Å². The third-order valence-electron chi connectivity index (χ3n) is 0.479. The Morgan fingerprint density at radius 2 is 1.33 bits per heavy atom. The molecule has 1 saturated carbocycles. The second kappa shape index (κ2) is 2.22. The molecule has 36 valence electrons. The van der Waals surface area contributed by atoms with E-state index in [1.807, 2.05) is 0 Å². The summed E-state index contributed by atoms with van der Waals surface area (Å²) in [5, 5.41) is 0. The van der Waals surface area contributed by atoms with Crippen LogP contribution in [0.3, 0.4) is 0 Å². The van der Waals surface area contributed by atoms with Crippen molar-refractivity contribution in [2.45, 2.75) is 38.3 Å². The minimum atomic E-state index is -3.24. The fourth-order valence-electron chi connectivity index (χ4n) is 0.252. The van der Waals surface area contributed by atoms with Gasteiger partial charge in [0.1, 0.15) is 0 Å². The molecular formula is C6H12. The highest BCUT2D eigenvalue weighted by Gasteiger charge is 1.95. The first-order chi connectivity index (χ1) is 6.71. The van der Waals surface area contributed by atoms with Crippen LogP contribution in [-0.2, 0) is 0 Å². The van der Waals surface area contributed by atoms with Crippen LogP contribution >= 0.6 is 0 Å². The summed E-state index contributed by atoms with van der Waals surface area (Å²) in [6.07, 6.45) is -16.0.